The normalized spacial score (nSPS) is 28.9. The molecule has 1 unspecified atom stereocenters. The third kappa shape index (κ3) is 2.38. The lowest BCUT2D eigenvalue weighted by Crippen LogP contribution is -2.56. The van der Waals surface area contributed by atoms with Gasteiger partial charge in [0, 0.05) is 19.6 Å². The molecule has 1 amide bonds. The molecular formula is C12H23N3O. The second-order valence-corrected chi connectivity index (χ2v) is 5.22. The number of piperazine rings is 1. The van der Waals surface area contributed by atoms with Crippen LogP contribution in [-0.4, -0.2) is 43.0 Å². The largest absolute Gasteiger partial charge is 0.353 e. The van der Waals surface area contributed by atoms with Crippen LogP contribution in [0.5, 0.6) is 0 Å². The van der Waals surface area contributed by atoms with E-state index in [9.17, 15) is 4.79 Å². The quantitative estimate of drug-likeness (QED) is 0.709. The molecule has 1 atom stereocenters. The topological polar surface area (TPSA) is 58.4 Å². The fraction of sp³-hybridized carbons (Fsp3) is 0.917. The van der Waals surface area contributed by atoms with Gasteiger partial charge in [-0.25, -0.2) is 0 Å². The molecular weight excluding hydrogens is 202 g/mol. The minimum absolute atomic E-state index is 0.0870. The maximum atomic E-state index is 11.7. The van der Waals surface area contributed by atoms with Crippen LogP contribution in [0.4, 0.5) is 0 Å². The smallest absolute Gasteiger partial charge is 0.237 e. The van der Waals surface area contributed by atoms with E-state index in [1.54, 1.807) is 0 Å². The molecule has 1 saturated heterocycles. The van der Waals surface area contributed by atoms with Crippen LogP contribution in [0.15, 0.2) is 0 Å². The average Bonchev–Trinajstić information content (AvgIpc) is 2.99. The molecule has 0 spiro atoms. The Kier molecular flexibility index (Phi) is 3.50. The lowest BCUT2D eigenvalue weighted by Gasteiger charge is -2.37. The Bertz CT molecular complexity index is 263. The van der Waals surface area contributed by atoms with Gasteiger partial charge in [0.25, 0.3) is 0 Å². The summed E-state index contributed by atoms with van der Waals surface area (Å²) in [5.41, 5.74) is 6.10. The maximum absolute atomic E-state index is 11.7. The molecule has 1 saturated carbocycles. The molecule has 4 heteroatoms. The Morgan fingerprint density at radius 2 is 2.31 bits per heavy atom. The molecule has 1 aliphatic heterocycles. The van der Waals surface area contributed by atoms with Crippen LogP contribution in [0.25, 0.3) is 0 Å². The summed E-state index contributed by atoms with van der Waals surface area (Å²) in [5.74, 6) is 0.206. The first-order valence-corrected chi connectivity index (χ1v) is 6.42. The SMILES string of the molecule is CCC1C(=O)NCCN1CC1(CCN)CC1. The van der Waals surface area contributed by atoms with E-state index in [0.717, 1.165) is 39.0 Å². The Balaban J connectivity index is 1.94. The van der Waals surface area contributed by atoms with Crippen LogP contribution >= 0.6 is 0 Å². The fourth-order valence-electron chi connectivity index (χ4n) is 2.80. The molecule has 2 aliphatic rings. The van der Waals surface area contributed by atoms with Crippen LogP contribution in [0.1, 0.15) is 32.6 Å². The van der Waals surface area contributed by atoms with Gasteiger partial charge >= 0.3 is 0 Å². The van der Waals surface area contributed by atoms with Gasteiger partial charge in [0.2, 0.25) is 5.91 Å². The maximum Gasteiger partial charge on any atom is 0.237 e. The van der Waals surface area contributed by atoms with E-state index in [1.807, 2.05) is 0 Å². The number of nitrogens with two attached hydrogens (primary N) is 1. The van der Waals surface area contributed by atoms with Crippen molar-refractivity contribution in [1.82, 2.24) is 10.2 Å². The molecule has 16 heavy (non-hydrogen) atoms. The van der Waals surface area contributed by atoms with Crippen LogP contribution in [0.3, 0.4) is 0 Å². The average molecular weight is 225 g/mol. The Hall–Kier alpha value is -0.610. The van der Waals surface area contributed by atoms with Gasteiger partial charge in [-0.2, -0.15) is 0 Å². The van der Waals surface area contributed by atoms with Crippen molar-refractivity contribution in [2.45, 2.75) is 38.6 Å². The van der Waals surface area contributed by atoms with Gasteiger partial charge in [-0.1, -0.05) is 6.92 Å². The number of hydrogen-bond donors (Lipinski definition) is 2. The van der Waals surface area contributed by atoms with Gasteiger partial charge in [-0.15, -0.1) is 0 Å². The van der Waals surface area contributed by atoms with Gasteiger partial charge in [0.15, 0.2) is 0 Å². The number of amides is 1. The van der Waals surface area contributed by atoms with Crippen molar-refractivity contribution in [3.05, 3.63) is 0 Å². The monoisotopic (exact) mass is 225 g/mol. The molecule has 2 rings (SSSR count). The van der Waals surface area contributed by atoms with Crippen LogP contribution in [0.2, 0.25) is 0 Å². The number of rotatable bonds is 5. The van der Waals surface area contributed by atoms with E-state index in [-0.39, 0.29) is 11.9 Å². The molecule has 0 bridgehead atoms. The summed E-state index contributed by atoms with van der Waals surface area (Å²) in [6.07, 6.45) is 4.60. The molecule has 2 fully saturated rings. The molecule has 1 aliphatic carbocycles. The van der Waals surface area contributed by atoms with Crippen molar-refractivity contribution in [2.75, 3.05) is 26.2 Å². The minimum atomic E-state index is 0.0870. The second-order valence-electron chi connectivity index (χ2n) is 5.22. The van der Waals surface area contributed by atoms with Crippen molar-refractivity contribution in [3.8, 4) is 0 Å². The third-order valence-electron chi connectivity index (χ3n) is 4.00. The van der Waals surface area contributed by atoms with E-state index in [1.165, 1.54) is 12.8 Å². The third-order valence-corrected chi connectivity index (χ3v) is 4.00. The van der Waals surface area contributed by atoms with E-state index in [4.69, 9.17) is 5.73 Å². The minimum Gasteiger partial charge on any atom is -0.353 e. The predicted octanol–water partition coefficient (Wildman–Crippen LogP) is 0.326. The van der Waals surface area contributed by atoms with E-state index in [2.05, 4.69) is 17.1 Å². The van der Waals surface area contributed by atoms with Crippen LogP contribution < -0.4 is 11.1 Å². The summed E-state index contributed by atoms with van der Waals surface area (Å²) in [4.78, 5) is 14.1. The van der Waals surface area contributed by atoms with E-state index < -0.39 is 0 Å². The first-order valence-electron chi connectivity index (χ1n) is 6.42. The molecule has 4 nitrogen and oxygen atoms in total. The first-order chi connectivity index (χ1) is 7.71. The lowest BCUT2D eigenvalue weighted by atomic mass is 9.99. The summed E-state index contributed by atoms with van der Waals surface area (Å²) in [6, 6.07) is 0.0870. The van der Waals surface area contributed by atoms with Crippen molar-refractivity contribution in [2.24, 2.45) is 11.1 Å². The number of nitrogens with one attached hydrogen (secondary N) is 1. The van der Waals surface area contributed by atoms with E-state index in [0.29, 0.717) is 5.41 Å². The Morgan fingerprint density at radius 3 is 2.88 bits per heavy atom. The fourth-order valence-corrected chi connectivity index (χ4v) is 2.80. The zero-order chi connectivity index (χ0) is 11.6. The second kappa shape index (κ2) is 4.72. The highest BCUT2D eigenvalue weighted by Crippen LogP contribution is 2.49. The first kappa shape index (κ1) is 11.9. The van der Waals surface area contributed by atoms with Gasteiger partial charge in [0.1, 0.15) is 0 Å². The molecule has 1 heterocycles. The van der Waals surface area contributed by atoms with Crippen molar-refractivity contribution in [1.29, 1.82) is 0 Å². The van der Waals surface area contributed by atoms with Gasteiger partial charge in [0.05, 0.1) is 6.04 Å². The molecule has 3 N–H and O–H groups in total. The summed E-state index contributed by atoms with van der Waals surface area (Å²) >= 11 is 0. The van der Waals surface area contributed by atoms with Crippen molar-refractivity contribution < 1.29 is 4.79 Å². The van der Waals surface area contributed by atoms with E-state index >= 15 is 0 Å². The zero-order valence-corrected chi connectivity index (χ0v) is 10.2. The van der Waals surface area contributed by atoms with Gasteiger partial charge < -0.3 is 11.1 Å². The highest BCUT2D eigenvalue weighted by molar-refractivity contribution is 5.82. The molecule has 0 aromatic heterocycles. The highest BCUT2D eigenvalue weighted by atomic mass is 16.2. The summed E-state index contributed by atoms with van der Waals surface area (Å²) in [5, 5.41) is 2.95. The van der Waals surface area contributed by atoms with Gasteiger partial charge in [-0.3, -0.25) is 9.69 Å². The molecule has 92 valence electrons. The van der Waals surface area contributed by atoms with Gasteiger partial charge in [-0.05, 0) is 37.6 Å². The number of carbonyl (C=O) groups excluding carboxylic acids is 1. The summed E-state index contributed by atoms with van der Waals surface area (Å²) < 4.78 is 0. The van der Waals surface area contributed by atoms with Crippen molar-refractivity contribution >= 4 is 5.91 Å². The van der Waals surface area contributed by atoms with Crippen LogP contribution in [0, 0.1) is 5.41 Å². The number of carbonyl (C=O) groups is 1. The van der Waals surface area contributed by atoms with Crippen molar-refractivity contribution in [3.63, 3.8) is 0 Å². The highest BCUT2D eigenvalue weighted by Gasteiger charge is 2.44. The van der Waals surface area contributed by atoms with Crippen LogP contribution in [-0.2, 0) is 4.79 Å². The Morgan fingerprint density at radius 1 is 1.56 bits per heavy atom. The number of hydrogen-bond acceptors (Lipinski definition) is 3. The summed E-state index contributed by atoms with van der Waals surface area (Å²) in [6.45, 7) is 5.72. The molecule has 0 radical (unpaired) electrons. The molecule has 0 aromatic rings. The Labute approximate surface area is 97.6 Å². The zero-order valence-electron chi connectivity index (χ0n) is 10.2. The lowest BCUT2D eigenvalue weighted by molar-refractivity contribution is -0.129. The predicted molar refractivity (Wildman–Crippen MR) is 64.0 cm³/mol. The molecule has 0 aromatic carbocycles. The standard InChI is InChI=1S/C12H23N3O/c1-2-10-11(16)14-7-8-15(10)9-12(3-4-12)5-6-13/h10H,2-9,13H2,1H3,(H,14,16). The number of nitrogens with zero attached hydrogens (tertiary/aromatic N) is 1. The summed E-state index contributed by atoms with van der Waals surface area (Å²) in [7, 11) is 0.